The Morgan fingerprint density at radius 2 is 1.41 bits per heavy atom. The maximum absolute atomic E-state index is 12.4. The second-order valence-corrected chi connectivity index (χ2v) is 5.63. The second kappa shape index (κ2) is 19.0. The third-order valence-corrected chi connectivity index (χ3v) is 3.66. The Balaban J connectivity index is -0.00000180. The first-order chi connectivity index (χ1) is 9.67. The predicted octanol–water partition coefficient (Wildman–Crippen LogP) is 3.50. The first-order valence-electron chi connectivity index (χ1n) is 8.41. The van der Waals surface area contributed by atoms with Crippen LogP contribution in [0.15, 0.2) is 0 Å². The zero-order valence-electron chi connectivity index (χ0n) is 14.4. The summed E-state index contributed by atoms with van der Waals surface area (Å²) < 4.78 is 0. The average molecular weight is 358 g/mol. The van der Waals surface area contributed by atoms with Crippen LogP contribution in [-0.2, 0) is 4.79 Å². The molecule has 0 aliphatic carbocycles. The number of rotatable bonds is 13. The Hall–Kier alpha value is -0.0300. The number of hydrogen-bond donors (Lipinski definition) is 2. The maximum Gasteiger partial charge on any atom is 0.239 e. The SMILES string of the molecule is CCCCCN(CCCCC)C(=O)[C@@H](N)CCCCN.Cl.Cl. The Labute approximate surface area is 149 Å². The van der Waals surface area contributed by atoms with Crippen molar-refractivity contribution in [3.63, 3.8) is 0 Å². The lowest BCUT2D eigenvalue weighted by atomic mass is 10.1. The summed E-state index contributed by atoms with van der Waals surface area (Å²) in [6.07, 6.45) is 9.55. The van der Waals surface area contributed by atoms with E-state index in [0.29, 0.717) is 6.54 Å². The van der Waals surface area contributed by atoms with Gasteiger partial charge in [0.2, 0.25) is 5.91 Å². The lowest BCUT2D eigenvalue weighted by molar-refractivity contribution is -0.133. The number of hydrogen-bond acceptors (Lipinski definition) is 3. The van der Waals surface area contributed by atoms with Crippen molar-refractivity contribution in [3.8, 4) is 0 Å². The highest BCUT2D eigenvalue weighted by molar-refractivity contribution is 5.85. The third kappa shape index (κ3) is 13.6. The summed E-state index contributed by atoms with van der Waals surface area (Å²) in [5.74, 6) is 0.134. The highest BCUT2D eigenvalue weighted by Crippen LogP contribution is 2.07. The van der Waals surface area contributed by atoms with Crippen molar-refractivity contribution in [1.29, 1.82) is 0 Å². The standard InChI is InChI=1S/C16H35N3O.2ClH/c1-3-5-9-13-19(14-10-6-4-2)16(20)15(18)11-7-8-12-17;;/h15H,3-14,17-18H2,1-2H3;2*1H/t15-;;/m0../s1. The largest absolute Gasteiger partial charge is 0.341 e. The second-order valence-electron chi connectivity index (χ2n) is 5.63. The van der Waals surface area contributed by atoms with Crippen LogP contribution in [0.2, 0.25) is 0 Å². The molecule has 0 fully saturated rings. The van der Waals surface area contributed by atoms with E-state index in [2.05, 4.69) is 13.8 Å². The average Bonchev–Trinajstić information content (AvgIpc) is 2.45. The first-order valence-corrected chi connectivity index (χ1v) is 8.41. The number of nitrogens with two attached hydrogens (primary N) is 2. The van der Waals surface area contributed by atoms with Crippen LogP contribution in [0.4, 0.5) is 0 Å². The monoisotopic (exact) mass is 357 g/mol. The van der Waals surface area contributed by atoms with Crippen LogP contribution in [-0.4, -0.2) is 36.5 Å². The van der Waals surface area contributed by atoms with Gasteiger partial charge in [-0.2, -0.15) is 0 Å². The molecule has 0 aliphatic rings. The van der Waals surface area contributed by atoms with E-state index in [9.17, 15) is 4.79 Å². The molecule has 0 radical (unpaired) electrons. The molecule has 0 unspecified atom stereocenters. The number of carbonyl (C=O) groups excluding carboxylic acids is 1. The molecule has 4 nitrogen and oxygen atoms in total. The van der Waals surface area contributed by atoms with Crippen molar-refractivity contribution in [1.82, 2.24) is 4.90 Å². The normalized spacial score (nSPS) is 11.3. The van der Waals surface area contributed by atoms with E-state index < -0.39 is 0 Å². The highest BCUT2D eigenvalue weighted by atomic mass is 35.5. The number of halogens is 2. The molecule has 1 amide bonds. The minimum Gasteiger partial charge on any atom is -0.341 e. The summed E-state index contributed by atoms with van der Waals surface area (Å²) in [6, 6.07) is -0.343. The van der Waals surface area contributed by atoms with Gasteiger partial charge in [-0.05, 0) is 32.2 Å². The molecular formula is C16H37Cl2N3O. The Morgan fingerprint density at radius 1 is 0.909 bits per heavy atom. The van der Waals surface area contributed by atoms with E-state index >= 15 is 0 Å². The minimum atomic E-state index is -0.343. The van der Waals surface area contributed by atoms with Gasteiger partial charge in [-0.3, -0.25) is 4.79 Å². The van der Waals surface area contributed by atoms with Gasteiger partial charge in [0.25, 0.3) is 0 Å². The molecule has 0 aliphatic heterocycles. The van der Waals surface area contributed by atoms with Crippen LogP contribution < -0.4 is 11.5 Å². The number of amides is 1. The summed E-state index contributed by atoms with van der Waals surface area (Å²) in [7, 11) is 0. The highest BCUT2D eigenvalue weighted by Gasteiger charge is 2.19. The zero-order chi connectivity index (χ0) is 15.2. The summed E-state index contributed by atoms with van der Waals surface area (Å²) in [5, 5.41) is 0. The van der Waals surface area contributed by atoms with Crippen LogP contribution in [0.5, 0.6) is 0 Å². The quantitative estimate of drug-likeness (QED) is 0.495. The van der Waals surface area contributed by atoms with Gasteiger partial charge in [0.05, 0.1) is 6.04 Å². The van der Waals surface area contributed by atoms with E-state index in [0.717, 1.165) is 45.2 Å². The zero-order valence-corrected chi connectivity index (χ0v) is 16.0. The third-order valence-electron chi connectivity index (χ3n) is 3.66. The summed E-state index contributed by atoms with van der Waals surface area (Å²) in [6.45, 7) is 6.77. The van der Waals surface area contributed by atoms with Gasteiger partial charge in [-0.1, -0.05) is 46.0 Å². The van der Waals surface area contributed by atoms with E-state index in [4.69, 9.17) is 11.5 Å². The van der Waals surface area contributed by atoms with Gasteiger partial charge in [-0.15, -0.1) is 24.8 Å². The molecule has 1 atom stereocenters. The minimum absolute atomic E-state index is 0. The molecule has 0 heterocycles. The van der Waals surface area contributed by atoms with Gasteiger partial charge >= 0.3 is 0 Å². The lowest BCUT2D eigenvalue weighted by Gasteiger charge is -2.26. The van der Waals surface area contributed by atoms with E-state index in [-0.39, 0.29) is 36.8 Å². The van der Waals surface area contributed by atoms with E-state index in [1.165, 1.54) is 25.7 Å². The van der Waals surface area contributed by atoms with E-state index in [1.54, 1.807) is 0 Å². The van der Waals surface area contributed by atoms with Crippen molar-refractivity contribution >= 4 is 30.7 Å². The molecular weight excluding hydrogens is 321 g/mol. The van der Waals surface area contributed by atoms with E-state index in [1.807, 2.05) is 4.90 Å². The summed E-state index contributed by atoms with van der Waals surface area (Å²) in [5.41, 5.74) is 11.5. The molecule has 4 N–H and O–H groups in total. The molecule has 0 saturated heterocycles. The molecule has 136 valence electrons. The first kappa shape index (κ1) is 26.8. The predicted molar refractivity (Wildman–Crippen MR) is 101 cm³/mol. The molecule has 0 rings (SSSR count). The summed E-state index contributed by atoms with van der Waals surface area (Å²) >= 11 is 0. The molecule has 0 saturated carbocycles. The Morgan fingerprint density at radius 3 is 1.82 bits per heavy atom. The van der Waals surface area contributed by atoms with Gasteiger partial charge in [-0.25, -0.2) is 0 Å². The fourth-order valence-corrected chi connectivity index (χ4v) is 2.30. The van der Waals surface area contributed by atoms with Gasteiger partial charge in [0.1, 0.15) is 0 Å². The smallest absolute Gasteiger partial charge is 0.239 e. The molecule has 0 aromatic heterocycles. The maximum atomic E-state index is 12.4. The topological polar surface area (TPSA) is 72.3 Å². The molecule has 0 bridgehead atoms. The Bertz CT molecular complexity index is 233. The van der Waals surface area contributed by atoms with Crippen LogP contribution in [0, 0.1) is 0 Å². The van der Waals surface area contributed by atoms with Gasteiger partial charge in [0.15, 0.2) is 0 Å². The van der Waals surface area contributed by atoms with Crippen LogP contribution in [0.3, 0.4) is 0 Å². The fourth-order valence-electron chi connectivity index (χ4n) is 2.30. The van der Waals surface area contributed by atoms with Crippen molar-refractivity contribution in [2.24, 2.45) is 11.5 Å². The molecule has 6 heteroatoms. The van der Waals surface area contributed by atoms with Gasteiger partial charge < -0.3 is 16.4 Å². The molecule has 0 aromatic rings. The van der Waals surface area contributed by atoms with Crippen LogP contribution in [0.25, 0.3) is 0 Å². The molecule has 0 aromatic carbocycles. The van der Waals surface area contributed by atoms with Crippen LogP contribution >= 0.6 is 24.8 Å². The van der Waals surface area contributed by atoms with Gasteiger partial charge in [0, 0.05) is 13.1 Å². The van der Waals surface area contributed by atoms with Crippen LogP contribution in [0.1, 0.15) is 71.6 Å². The Kier molecular flexibility index (Phi) is 23.2. The number of carbonyl (C=O) groups is 1. The van der Waals surface area contributed by atoms with Crippen molar-refractivity contribution in [2.75, 3.05) is 19.6 Å². The lowest BCUT2D eigenvalue weighted by Crippen LogP contribution is -2.44. The molecule has 0 spiro atoms. The molecule has 22 heavy (non-hydrogen) atoms. The fraction of sp³-hybridized carbons (Fsp3) is 0.938. The number of unbranched alkanes of at least 4 members (excludes halogenated alkanes) is 5. The van der Waals surface area contributed by atoms with Crippen molar-refractivity contribution in [3.05, 3.63) is 0 Å². The number of nitrogens with zero attached hydrogens (tertiary/aromatic N) is 1. The van der Waals surface area contributed by atoms with Crippen molar-refractivity contribution in [2.45, 2.75) is 77.7 Å². The summed E-state index contributed by atoms with van der Waals surface area (Å²) in [4.78, 5) is 14.4. The van der Waals surface area contributed by atoms with Crippen molar-refractivity contribution < 1.29 is 4.79 Å².